The van der Waals surface area contributed by atoms with Gasteiger partial charge in [-0.1, -0.05) is 46.5 Å². The molecule has 0 atom stereocenters. The van der Waals surface area contributed by atoms with Crippen molar-refractivity contribution in [3.05, 3.63) is 0 Å². The van der Waals surface area contributed by atoms with Crippen molar-refractivity contribution in [3.8, 4) is 0 Å². The molecule has 5 nitrogen and oxygen atoms in total. The second-order valence-electron chi connectivity index (χ2n) is 3.56. The number of carboxylic acids is 1. The van der Waals surface area contributed by atoms with Gasteiger partial charge >= 0.3 is 17.4 Å². The zero-order valence-electron chi connectivity index (χ0n) is 12.3. The van der Waals surface area contributed by atoms with Gasteiger partial charge in [0.05, 0.1) is 0 Å². The number of ketones is 1. The van der Waals surface area contributed by atoms with Crippen LogP contribution in [0.5, 0.6) is 0 Å². The van der Waals surface area contributed by atoms with Crippen molar-refractivity contribution in [3.63, 3.8) is 0 Å². The Kier molecular flexibility index (Phi) is 37.3. The van der Waals surface area contributed by atoms with E-state index in [0.29, 0.717) is 0 Å². The third-order valence-corrected chi connectivity index (χ3v) is 1.73. The minimum absolute atomic E-state index is 0. The third-order valence-electron chi connectivity index (χ3n) is 1.73. The molecular formula is C13H25AlO5. The SMILES string of the molecule is CCC(=O)CC(=O)[O-].CCCC[O-].CCCC[O-].[Al+3]. The van der Waals surface area contributed by atoms with E-state index in [0.717, 1.165) is 25.7 Å². The maximum absolute atomic E-state index is 10.2. The Labute approximate surface area is 127 Å². The standard InChI is InChI=1S/C5H8O3.2C4H9O.Al/c1-2-4(6)3-5(7)8;2*1-2-3-4-5;/h2-3H2,1H3,(H,7,8);2*2-4H2,1H3;/q;2*-1;+3/p-1. The van der Waals surface area contributed by atoms with E-state index in [1.807, 2.05) is 13.8 Å². The van der Waals surface area contributed by atoms with Crippen molar-refractivity contribution in [1.29, 1.82) is 0 Å². The van der Waals surface area contributed by atoms with Crippen LogP contribution in [-0.2, 0) is 9.59 Å². The van der Waals surface area contributed by atoms with Gasteiger partial charge in [0.15, 0.2) is 0 Å². The Morgan fingerprint density at radius 2 is 1.26 bits per heavy atom. The van der Waals surface area contributed by atoms with Crippen LogP contribution in [0.3, 0.4) is 0 Å². The molecule has 0 fully saturated rings. The largest absolute Gasteiger partial charge is 3.00 e. The van der Waals surface area contributed by atoms with Crippen LogP contribution in [0.25, 0.3) is 0 Å². The monoisotopic (exact) mass is 288 g/mol. The van der Waals surface area contributed by atoms with Gasteiger partial charge in [-0.05, 0) is 0 Å². The van der Waals surface area contributed by atoms with Crippen LogP contribution >= 0.6 is 0 Å². The fourth-order valence-corrected chi connectivity index (χ4v) is 0.575. The first kappa shape index (κ1) is 27.0. The molecule has 0 aliphatic carbocycles. The summed E-state index contributed by atoms with van der Waals surface area (Å²) in [7, 11) is 0. The molecule has 0 spiro atoms. The van der Waals surface area contributed by atoms with Gasteiger partial charge in [0.1, 0.15) is 5.78 Å². The van der Waals surface area contributed by atoms with Crippen LogP contribution in [0, 0.1) is 0 Å². The Morgan fingerprint density at radius 3 is 1.32 bits per heavy atom. The first-order valence-electron chi connectivity index (χ1n) is 6.37. The van der Waals surface area contributed by atoms with Crippen LogP contribution in [0.15, 0.2) is 0 Å². The molecule has 0 saturated carbocycles. The van der Waals surface area contributed by atoms with Crippen LogP contribution in [0.2, 0.25) is 0 Å². The van der Waals surface area contributed by atoms with Crippen LogP contribution in [-0.4, -0.2) is 42.3 Å². The molecule has 0 N–H and O–H groups in total. The van der Waals surface area contributed by atoms with Gasteiger partial charge in [-0.25, -0.2) is 0 Å². The summed E-state index contributed by atoms with van der Waals surface area (Å²) in [5, 5.41) is 28.7. The van der Waals surface area contributed by atoms with Crippen molar-refractivity contribution in [2.24, 2.45) is 0 Å². The van der Waals surface area contributed by atoms with Crippen molar-refractivity contribution in [1.82, 2.24) is 0 Å². The van der Waals surface area contributed by atoms with Gasteiger partial charge < -0.3 is 20.1 Å². The Balaban J connectivity index is -0.0000000906. The normalized spacial score (nSPS) is 8.05. The molecule has 0 aliphatic rings. The Bertz CT molecular complexity index is 176. The first-order chi connectivity index (χ1) is 8.49. The van der Waals surface area contributed by atoms with Gasteiger partial charge in [0.25, 0.3) is 0 Å². The number of hydrogen-bond acceptors (Lipinski definition) is 5. The van der Waals surface area contributed by atoms with E-state index in [4.69, 9.17) is 0 Å². The number of carbonyl (C=O) groups is 2. The molecule has 0 aromatic rings. The second kappa shape index (κ2) is 26.2. The molecule has 0 aliphatic heterocycles. The molecule has 110 valence electrons. The number of carboxylic acid groups (broad SMARTS) is 1. The predicted molar refractivity (Wildman–Crippen MR) is 70.2 cm³/mol. The fourth-order valence-electron chi connectivity index (χ4n) is 0.575. The van der Waals surface area contributed by atoms with E-state index in [1.165, 1.54) is 0 Å². The van der Waals surface area contributed by atoms with E-state index in [2.05, 4.69) is 0 Å². The average Bonchev–Trinajstić information content (AvgIpc) is 2.32. The van der Waals surface area contributed by atoms with Crippen molar-refractivity contribution in [2.75, 3.05) is 13.2 Å². The maximum Gasteiger partial charge on any atom is 3.00 e. The summed E-state index contributed by atoms with van der Waals surface area (Å²) in [6.45, 7) is 5.83. The molecule has 0 amide bonds. The summed E-state index contributed by atoms with van der Waals surface area (Å²) in [4.78, 5) is 19.8. The molecule has 0 heterocycles. The van der Waals surface area contributed by atoms with E-state index < -0.39 is 12.4 Å². The van der Waals surface area contributed by atoms with Crippen molar-refractivity contribution < 1.29 is 24.9 Å². The second-order valence-corrected chi connectivity index (χ2v) is 3.56. The molecule has 0 bridgehead atoms. The molecule has 0 aromatic heterocycles. The number of Topliss-reactive ketones (excluding diaryl/α,β-unsaturated/α-hetero) is 1. The molecule has 0 saturated heterocycles. The van der Waals surface area contributed by atoms with Crippen LogP contribution in [0.4, 0.5) is 0 Å². The van der Waals surface area contributed by atoms with Crippen LogP contribution < -0.4 is 15.3 Å². The fraction of sp³-hybridized carbons (Fsp3) is 0.846. The van der Waals surface area contributed by atoms with Gasteiger partial charge in [-0.15, -0.1) is 13.2 Å². The Hall–Kier alpha value is -0.408. The minimum Gasteiger partial charge on any atom is -0.854 e. The number of rotatable bonds is 7. The molecule has 0 rings (SSSR count). The number of carbonyl (C=O) groups excluding carboxylic acids is 2. The predicted octanol–water partition coefficient (Wildman–Crippen LogP) is -0.982. The summed E-state index contributed by atoms with van der Waals surface area (Å²) in [6.07, 6.45) is 3.55. The summed E-state index contributed by atoms with van der Waals surface area (Å²) in [5.74, 6) is -1.58. The van der Waals surface area contributed by atoms with Gasteiger partial charge in [-0.3, -0.25) is 4.79 Å². The van der Waals surface area contributed by atoms with Gasteiger partial charge in [0.2, 0.25) is 0 Å². The van der Waals surface area contributed by atoms with Crippen LogP contribution in [0.1, 0.15) is 59.3 Å². The molecule has 0 unspecified atom stereocenters. The molecular weight excluding hydrogens is 263 g/mol. The number of aliphatic carboxylic acids is 1. The Morgan fingerprint density at radius 1 is 0.895 bits per heavy atom. The molecule has 19 heavy (non-hydrogen) atoms. The molecule has 0 radical (unpaired) electrons. The van der Waals surface area contributed by atoms with Crippen molar-refractivity contribution >= 4 is 29.1 Å². The topological polar surface area (TPSA) is 103 Å². The minimum atomic E-state index is -1.29. The quantitative estimate of drug-likeness (QED) is 0.442. The van der Waals surface area contributed by atoms with Gasteiger partial charge in [0, 0.05) is 18.8 Å². The number of unbranched alkanes of at least 4 members (excludes halogenated alkanes) is 2. The van der Waals surface area contributed by atoms with Crippen molar-refractivity contribution in [2.45, 2.75) is 59.3 Å². The summed E-state index contributed by atoms with van der Waals surface area (Å²) < 4.78 is 0. The first-order valence-corrected chi connectivity index (χ1v) is 6.37. The number of hydrogen-bond donors (Lipinski definition) is 0. The molecule has 6 heteroatoms. The van der Waals surface area contributed by atoms with E-state index in [-0.39, 0.29) is 42.8 Å². The maximum atomic E-state index is 10.2. The van der Waals surface area contributed by atoms with E-state index >= 15 is 0 Å². The summed E-state index contributed by atoms with van der Waals surface area (Å²) >= 11 is 0. The molecule has 0 aromatic carbocycles. The zero-order chi connectivity index (χ0) is 14.8. The smallest absolute Gasteiger partial charge is 0.854 e. The zero-order valence-corrected chi connectivity index (χ0v) is 13.4. The van der Waals surface area contributed by atoms with E-state index in [9.17, 15) is 24.9 Å². The summed E-state index contributed by atoms with van der Waals surface area (Å²) in [5.41, 5.74) is 0. The van der Waals surface area contributed by atoms with Gasteiger partial charge in [-0.2, -0.15) is 0 Å². The third kappa shape index (κ3) is 46.5. The van der Waals surface area contributed by atoms with E-state index in [1.54, 1.807) is 6.92 Å². The average molecular weight is 288 g/mol. The summed E-state index contributed by atoms with van der Waals surface area (Å²) in [6, 6.07) is 0.